The number of fused-ring (bicyclic) bond motifs is 6. The van der Waals surface area contributed by atoms with Crippen LogP contribution in [0.3, 0.4) is 0 Å². The molecule has 0 N–H and O–H groups in total. The Kier molecular flexibility index (Phi) is 5.23. The van der Waals surface area contributed by atoms with Crippen LogP contribution in [0.15, 0.2) is 84.9 Å². The molecule has 2 aliphatic carbocycles. The Balaban J connectivity index is 0.00000108. The van der Waals surface area contributed by atoms with E-state index < -0.39 is 0 Å². The van der Waals surface area contributed by atoms with Gasteiger partial charge in [0.25, 0.3) is 0 Å². The summed E-state index contributed by atoms with van der Waals surface area (Å²) in [6.07, 6.45) is 0. The fraction of sp³-hybridized carbons (Fsp3) is 0.172. The molecule has 7 rings (SSSR count). The predicted octanol–water partition coefficient (Wildman–Crippen LogP) is 1.26. The molecule has 0 saturated heterocycles. The Bertz CT molecular complexity index is 1270. The Morgan fingerprint density at radius 1 is 0.531 bits per heavy atom. The zero-order chi connectivity index (χ0) is 20.0. The Hall–Kier alpha value is -1.83. The molecule has 0 amide bonds. The van der Waals surface area contributed by atoms with E-state index in [0.717, 1.165) is 0 Å². The Morgan fingerprint density at radius 2 is 0.938 bits per heavy atom. The van der Waals surface area contributed by atoms with Crippen LogP contribution in [0.5, 0.6) is 0 Å². The van der Waals surface area contributed by atoms with Crippen molar-refractivity contribution in [3.05, 3.63) is 118 Å². The summed E-state index contributed by atoms with van der Waals surface area (Å²) in [6.45, 7) is 4.90. The van der Waals surface area contributed by atoms with E-state index in [9.17, 15) is 0 Å². The maximum absolute atomic E-state index is 2.45. The molecule has 0 spiro atoms. The van der Waals surface area contributed by atoms with Gasteiger partial charge in [0.05, 0.1) is 0 Å². The fourth-order valence-electron chi connectivity index (χ4n) is 6.27. The molecule has 3 aliphatic rings. The van der Waals surface area contributed by atoms with E-state index in [-0.39, 0.29) is 49.4 Å². The first-order chi connectivity index (χ1) is 14.7. The summed E-state index contributed by atoms with van der Waals surface area (Å²) < 4.78 is 1.17. The Morgan fingerprint density at radius 3 is 1.41 bits per heavy atom. The van der Waals surface area contributed by atoms with Gasteiger partial charge >= 0.3 is 187 Å². The van der Waals surface area contributed by atoms with Crippen LogP contribution < -0.4 is 24.8 Å². The maximum Gasteiger partial charge on any atom is -1.00 e. The molecular formula is C29H22Cl2Ti. The fourth-order valence-corrected chi connectivity index (χ4v) is 9.63. The normalized spacial score (nSPS) is 19.3. The van der Waals surface area contributed by atoms with Crippen LogP contribution in [0.1, 0.15) is 55.7 Å². The van der Waals surface area contributed by atoms with Gasteiger partial charge in [-0.25, -0.2) is 0 Å². The second kappa shape index (κ2) is 7.61. The summed E-state index contributed by atoms with van der Waals surface area (Å²) >= 11 is -0.335. The average Bonchev–Trinajstić information content (AvgIpc) is 3.27. The topological polar surface area (TPSA) is 0 Å². The van der Waals surface area contributed by atoms with Crippen molar-refractivity contribution < 1.29 is 44.0 Å². The third-order valence-electron chi connectivity index (χ3n) is 7.59. The maximum atomic E-state index is 2.45. The van der Waals surface area contributed by atoms with Gasteiger partial charge in [0.2, 0.25) is 0 Å². The summed E-state index contributed by atoms with van der Waals surface area (Å²) in [5.74, 6) is 0. The van der Waals surface area contributed by atoms with Crippen molar-refractivity contribution in [1.29, 1.82) is 0 Å². The smallest absolute Gasteiger partial charge is 1.00 e. The molecule has 0 radical (unpaired) electrons. The van der Waals surface area contributed by atoms with Gasteiger partial charge in [0.15, 0.2) is 0 Å². The van der Waals surface area contributed by atoms with Gasteiger partial charge < -0.3 is 24.8 Å². The van der Waals surface area contributed by atoms with Crippen LogP contribution in [0.4, 0.5) is 0 Å². The van der Waals surface area contributed by atoms with Gasteiger partial charge in [0.1, 0.15) is 0 Å². The van der Waals surface area contributed by atoms with Gasteiger partial charge in [-0.15, -0.1) is 0 Å². The molecule has 2 unspecified atom stereocenters. The summed E-state index contributed by atoms with van der Waals surface area (Å²) in [7, 11) is 0. The first-order valence-corrected chi connectivity index (χ1v) is 12.7. The number of benzene rings is 4. The number of hydrogen-bond acceptors (Lipinski definition) is 0. The number of rotatable bonds is 0. The molecule has 32 heavy (non-hydrogen) atoms. The van der Waals surface area contributed by atoms with E-state index in [4.69, 9.17) is 0 Å². The average molecular weight is 489 g/mol. The van der Waals surface area contributed by atoms with Crippen molar-refractivity contribution in [2.24, 2.45) is 0 Å². The first kappa shape index (κ1) is 22.0. The quantitative estimate of drug-likeness (QED) is 0.327. The molecule has 1 heterocycles. The van der Waals surface area contributed by atoms with Crippen molar-refractivity contribution in [2.45, 2.75) is 27.7 Å². The van der Waals surface area contributed by atoms with Gasteiger partial charge in [-0.2, -0.15) is 0 Å². The van der Waals surface area contributed by atoms with E-state index in [1.54, 1.807) is 22.3 Å². The monoisotopic (exact) mass is 488 g/mol. The molecule has 156 valence electrons. The molecule has 0 nitrogen and oxygen atoms in total. The van der Waals surface area contributed by atoms with Crippen molar-refractivity contribution >= 4 is 0 Å². The van der Waals surface area contributed by atoms with E-state index in [1.165, 1.54) is 33.4 Å². The molecule has 3 heteroatoms. The SMILES string of the molecule is CC1(C)c2cccc3c2[CH]([Ti+2][CH]2c4ccccc4-c4cccc1c42)c1ccccc1-3.[Cl-].[Cl-]. The zero-order valence-electron chi connectivity index (χ0n) is 18.0. The Labute approximate surface area is 211 Å². The van der Waals surface area contributed by atoms with Crippen molar-refractivity contribution in [3.63, 3.8) is 0 Å². The van der Waals surface area contributed by atoms with Crippen molar-refractivity contribution in [1.82, 2.24) is 0 Å². The van der Waals surface area contributed by atoms with Crippen LogP contribution in [0, 0.1) is 0 Å². The third kappa shape index (κ3) is 2.68. The van der Waals surface area contributed by atoms with Gasteiger partial charge in [-0.1, -0.05) is 0 Å². The molecular weight excluding hydrogens is 467 g/mol. The molecule has 0 aromatic heterocycles. The summed E-state index contributed by atoms with van der Waals surface area (Å²) in [5, 5.41) is 0. The summed E-state index contributed by atoms with van der Waals surface area (Å²) in [5.41, 5.74) is 15.4. The van der Waals surface area contributed by atoms with E-state index in [1.807, 2.05) is 0 Å². The number of hydrogen-bond donors (Lipinski definition) is 0. The summed E-state index contributed by atoms with van der Waals surface area (Å²) in [6, 6.07) is 32.5. The van der Waals surface area contributed by atoms with E-state index in [2.05, 4.69) is 98.8 Å². The van der Waals surface area contributed by atoms with E-state index in [0.29, 0.717) is 8.45 Å². The van der Waals surface area contributed by atoms with E-state index >= 15 is 0 Å². The molecule has 0 fully saturated rings. The summed E-state index contributed by atoms with van der Waals surface area (Å²) in [4.78, 5) is 0. The third-order valence-corrected chi connectivity index (χ3v) is 10.5. The second-order valence-corrected chi connectivity index (χ2v) is 11.7. The molecule has 2 atom stereocenters. The largest absolute Gasteiger partial charge is 1.00 e. The second-order valence-electron chi connectivity index (χ2n) is 9.37. The molecule has 4 aromatic carbocycles. The van der Waals surface area contributed by atoms with Crippen LogP contribution in [0.2, 0.25) is 0 Å². The van der Waals surface area contributed by atoms with Gasteiger partial charge in [-0.3, -0.25) is 0 Å². The number of halogens is 2. The minimum absolute atomic E-state index is 0. The minimum Gasteiger partial charge on any atom is -1.00 e. The van der Waals surface area contributed by atoms with Crippen molar-refractivity contribution in [3.8, 4) is 22.3 Å². The van der Waals surface area contributed by atoms with Gasteiger partial charge in [-0.05, 0) is 0 Å². The van der Waals surface area contributed by atoms with Gasteiger partial charge in [0, 0.05) is 0 Å². The predicted molar refractivity (Wildman–Crippen MR) is 120 cm³/mol. The van der Waals surface area contributed by atoms with Crippen LogP contribution in [0.25, 0.3) is 22.3 Å². The van der Waals surface area contributed by atoms with Crippen LogP contribution >= 0.6 is 0 Å². The zero-order valence-corrected chi connectivity index (χ0v) is 21.1. The van der Waals surface area contributed by atoms with Crippen molar-refractivity contribution in [2.75, 3.05) is 0 Å². The molecule has 0 bridgehead atoms. The molecule has 0 saturated carbocycles. The molecule has 1 aliphatic heterocycles. The molecule has 4 aromatic rings. The first-order valence-electron chi connectivity index (χ1n) is 10.9. The van der Waals surface area contributed by atoms with Crippen LogP contribution in [-0.2, 0) is 24.6 Å². The standard InChI is InChI=1S/C29H22.2ClH.Ti/c1-29(2,27-15-7-13-23-21-11-5-3-9-19(21)17-25(23)27)28-16-8-14-24-22-12-6-4-10-20(22)18-26(24)28;;;/h3-18H,1-2H3;2*1H;/q;;;+2/p-2. The van der Waals surface area contributed by atoms with Crippen LogP contribution in [-0.4, -0.2) is 0 Å². The minimum atomic E-state index is -0.335.